The van der Waals surface area contributed by atoms with Crippen molar-refractivity contribution in [3.05, 3.63) is 24.3 Å². The van der Waals surface area contributed by atoms with Crippen LogP contribution in [0.4, 0.5) is 0 Å². The summed E-state index contributed by atoms with van der Waals surface area (Å²) < 4.78 is 0.923. The molecule has 0 aromatic rings. The molecule has 166 valence electrons. The molecule has 0 radical (unpaired) electrons. The molecule has 0 spiro atoms. The van der Waals surface area contributed by atoms with Crippen LogP contribution in [-0.4, -0.2) is 42.9 Å². The van der Waals surface area contributed by atoms with Crippen LogP contribution in [0.1, 0.15) is 91.4 Å². The van der Waals surface area contributed by atoms with E-state index in [1.807, 2.05) is 0 Å². The predicted octanol–water partition coefficient (Wildman–Crippen LogP) is 3.51. The van der Waals surface area contributed by atoms with Gasteiger partial charge in [-0.1, -0.05) is 96.4 Å². The Labute approximate surface area is 182 Å². The van der Waals surface area contributed by atoms with Crippen LogP contribution < -0.4 is 12.4 Å². The molecule has 0 fully saturated rings. The van der Waals surface area contributed by atoms with E-state index in [9.17, 15) is 5.11 Å². The molecule has 3 atom stereocenters. The highest BCUT2D eigenvalue weighted by molar-refractivity contribution is 5.20. The number of aliphatic hydroxyl groups excluding tert-OH is 1. The molecule has 28 heavy (non-hydrogen) atoms. The highest BCUT2D eigenvalue weighted by Crippen LogP contribution is 2.38. The Hall–Kier alpha value is -0.310. The maximum atomic E-state index is 10.9. The van der Waals surface area contributed by atoms with Crippen LogP contribution in [0.15, 0.2) is 24.3 Å². The van der Waals surface area contributed by atoms with Crippen molar-refractivity contribution >= 4 is 0 Å². The molecule has 2 nitrogen and oxygen atoms in total. The number of halogens is 1. The van der Waals surface area contributed by atoms with Gasteiger partial charge in [-0.25, -0.2) is 0 Å². The molecule has 1 rings (SSSR count). The molecule has 0 aromatic carbocycles. The van der Waals surface area contributed by atoms with Crippen molar-refractivity contribution in [3.8, 4) is 0 Å². The van der Waals surface area contributed by atoms with Crippen molar-refractivity contribution in [2.75, 3.05) is 27.2 Å². The fraction of sp³-hybridized carbons (Fsp3) is 0.840. The van der Waals surface area contributed by atoms with Gasteiger partial charge in [-0.05, 0) is 24.7 Å². The summed E-state index contributed by atoms with van der Waals surface area (Å²) in [6, 6.07) is 0. The Morgan fingerprint density at radius 3 is 1.96 bits per heavy atom. The zero-order valence-electron chi connectivity index (χ0n) is 19.4. The number of hydrogen-bond donors (Lipinski definition) is 1. The molecule has 1 N–H and O–H groups in total. The molecule has 1 aliphatic carbocycles. The maximum absolute atomic E-state index is 10.9. The third-order valence-electron chi connectivity index (χ3n) is 6.64. The van der Waals surface area contributed by atoms with Gasteiger partial charge in [0.25, 0.3) is 0 Å². The monoisotopic (exact) mass is 413 g/mol. The van der Waals surface area contributed by atoms with E-state index in [0.717, 1.165) is 17.4 Å². The van der Waals surface area contributed by atoms with Crippen molar-refractivity contribution in [1.29, 1.82) is 0 Å². The van der Waals surface area contributed by atoms with E-state index in [1.54, 1.807) is 0 Å². The summed E-state index contributed by atoms with van der Waals surface area (Å²) in [7, 11) is 4.56. The summed E-state index contributed by atoms with van der Waals surface area (Å²) in [5.74, 6) is 0.234. The second kappa shape index (κ2) is 14.6. The van der Waals surface area contributed by atoms with E-state index in [2.05, 4.69) is 59.2 Å². The normalized spacial score (nSPS) is 22.9. The molecule has 3 unspecified atom stereocenters. The van der Waals surface area contributed by atoms with E-state index in [4.69, 9.17) is 0 Å². The Morgan fingerprint density at radius 2 is 1.43 bits per heavy atom. The molecule has 0 amide bonds. The summed E-state index contributed by atoms with van der Waals surface area (Å²) in [5, 5.41) is 10.9. The van der Waals surface area contributed by atoms with Gasteiger partial charge in [0.15, 0.2) is 0 Å². The second-order valence-corrected chi connectivity index (χ2v) is 9.72. The van der Waals surface area contributed by atoms with Crippen LogP contribution in [0.3, 0.4) is 0 Å². The largest absolute Gasteiger partial charge is 1.00 e. The number of hydrogen-bond acceptors (Lipinski definition) is 1. The highest BCUT2D eigenvalue weighted by atomic mass is 35.5. The summed E-state index contributed by atoms with van der Waals surface area (Å²) >= 11 is 0. The van der Waals surface area contributed by atoms with E-state index >= 15 is 0 Å². The average Bonchev–Trinajstić information content (AvgIpc) is 2.63. The van der Waals surface area contributed by atoms with Crippen molar-refractivity contribution in [2.45, 2.75) is 97.5 Å². The molecule has 0 saturated carbocycles. The van der Waals surface area contributed by atoms with Gasteiger partial charge in [0.2, 0.25) is 0 Å². The molecule has 0 saturated heterocycles. The van der Waals surface area contributed by atoms with Crippen LogP contribution in [0.5, 0.6) is 0 Å². The lowest BCUT2D eigenvalue weighted by atomic mass is 9.70. The molecule has 3 heteroatoms. The van der Waals surface area contributed by atoms with E-state index in [0.29, 0.717) is 0 Å². The fourth-order valence-electron chi connectivity index (χ4n) is 4.45. The number of unbranched alkanes of at least 4 members (excludes halogenated alkanes) is 9. The standard InChI is InChI=1S/C25H48NO.ClH/c1-6-8-9-10-11-12-13-14-15-18-21-26(4,5)22-24(27)23-19-16-17-20-25(23,3)7-2;/h16-17,19-20,23-24,27H,6-15,18,21-22H2,1-5H3;1H/q+1;/p-1. The first-order valence-corrected chi connectivity index (χ1v) is 11.7. The molecular weight excluding hydrogens is 366 g/mol. The van der Waals surface area contributed by atoms with Crippen molar-refractivity contribution < 1.29 is 22.0 Å². The number of allylic oxidation sites excluding steroid dienone is 3. The number of aliphatic hydroxyl groups is 1. The number of likely N-dealkylation sites (N-methyl/N-ethyl adjacent to an activating group) is 1. The predicted molar refractivity (Wildman–Crippen MR) is 120 cm³/mol. The molecule has 0 aromatic heterocycles. The van der Waals surface area contributed by atoms with Gasteiger partial charge in [-0.3, -0.25) is 0 Å². The molecule has 0 bridgehead atoms. The van der Waals surface area contributed by atoms with Gasteiger partial charge in [0.05, 0.1) is 20.6 Å². The smallest absolute Gasteiger partial charge is 0.110 e. The number of rotatable bonds is 15. The number of quaternary nitrogens is 1. The minimum atomic E-state index is -0.269. The Morgan fingerprint density at radius 1 is 0.893 bits per heavy atom. The first kappa shape index (κ1) is 27.7. The maximum Gasteiger partial charge on any atom is 0.110 e. The first-order chi connectivity index (χ1) is 12.8. The lowest BCUT2D eigenvalue weighted by molar-refractivity contribution is -0.894. The lowest BCUT2D eigenvalue weighted by Crippen LogP contribution is -3.00. The topological polar surface area (TPSA) is 20.2 Å². The van der Waals surface area contributed by atoms with Crippen LogP contribution in [0.25, 0.3) is 0 Å². The quantitative estimate of drug-likeness (QED) is 0.321. The van der Waals surface area contributed by atoms with Gasteiger partial charge in [0, 0.05) is 5.92 Å². The van der Waals surface area contributed by atoms with Gasteiger partial charge in [-0.15, -0.1) is 0 Å². The summed E-state index contributed by atoms with van der Waals surface area (Å²) in [4.78, 5) is 0. The van der Waals surface area contributed by atoms with E-state index in [-0.39, 0.29) is 29.8 Å². The summed E-state index contributed by atoms with van der Waals surface area (Å²) in [6.07, 6.45) is 23.4. The second-order valence-electron chi connectivity index (χ2n) is 9.72. The van der Waals surface area contributed by atoms with Crippen molar-refractivity contribution in [1.82, 2.24) is 0 Å². The van der Waals surface area contributed by atoms with E-state index in [1.165, 1.54) is 70.8 Å². The van der Waals surface area contributed by atoms with E-state index < -0.39 is 0 Å². The zero-order valence-corrected chi connectivity index (χ0v) is 20.2. The highest BCUT2D eigenvalue weighted by Gasteiger charge is 2.37. The Kier molecular flexibility index (Phi) is 14.5. The lowest BCUT2D eigenvalue weighted by Gasteiger charge is -2.40. The molecule has 0 aliphatic heterocycles. The van der Waals surface area contributed by atoms with Gasteiger partial charge < -0.3 is 22.0 Å². The van der Waals surface area contributed by atoms with Crippen LogP contribution >= 0.6 is 0 Å². The van der Waals surface area contributed by atoms with Crippen LogP contribution in [0, 0.1) is 11.3 Å². The third kappa shape index (κ3) is 10.5. The Bertz CT molecular complexity index is 446. The van der Waals surface area contributed by atoms with Gasteiger partial charge in [-0.2, -0.15) is 0 Å². The molecular formula is C25H48ClNO. The van der Waals surface area contributed by atoms with Gasteiger partial charge >= 0.3 is 0 Å². The van der Waals surface area contributed by atoms with Crippen molar-refractivity contribution in [2.24, 2.45) is 11.3 Å². The molecule has 1 aliphatic rings. The fourth-order valence-corrected chi connectivity index (χ4v) is 4.45. The van der Waals surface area contributed by atoms with Crippen LogP contribution in [0.2, 0.25) is 0 Å². The Balaban J connectivity index is 0.00000729. The summed E-state index contributed by atoms with van der Waals surface area (Å²) in [5.41, 5.74) is 0.0886. The minimum Gasteiger partial charge on any atom is -1.00 e. The third-order valence-corrected chi connectivity index (χ3v) is 6.64. The SMILES string of the molecule is CCCCCCCCCCCC[N+](C)(C)CC(O)C1C=CC=CC1(C)CC.[Cl-]. The average molecular weight is 414 g/mol. The van der Waals surface area contributed by atoms with Crippen LogP contribution in [-0.2, 0) is 0 Å². The first-order valence-electron chi connectivity index (χ1n) is 11.7. The zero-order chi connectivity index (χ0) is 20.2. The number of nitrogens with zero attached hydrogens (tertiary/aromatic N) is 1. The minimum absolute atomic E-state index is 0. The summed E-state index contributed by atoms with van der Waals surface area (Å²) in [6.45, 7) is 8.80. The molecule has 0 heterocycles. The van der Waals surface area contributed by atoms with Crippen molar-refractivity contribution in [3.63, 3.8) is 0 Å². The van der Waals surface area contributed by atoms with Gasteiger partial charge in [0.1, 0.15) is 12.6 Å².